The summed E-state index contributed by atoms with van der Waals surface area (Å²) in [5, 5.41) is 0. The van der Waals surface area contributed by atoms with Crippen molar-refractivity contribution in [2.75, 3.05) is 26.4 Å². The number of carbonyl (C=O) groups is 2. The average Bonchev–Trinajstić information content (AvgIpc) is 3.38. The molecule has 0 fully saturated rings. The maximum Gasteiger partial charge on any atom is 0.472 e. The fourth-order valence-electron chi connectivity index (χ4n) is 7.11. The fourth-order valence-corrected chi connectivity index (χ4v) is 7.88. The van der Waals surface area contributed by atoms with E-state index in [0.717, 1.165) is 122 Å². The molecule has 0 rings (SSSR count). The van der Waals surface area contributed by atoms with Crippen molar-refractivity contribution in [2.24, 2.45) is 5.73 Å². The van der Waals surface area contributed by atoms with E-state index >= 15 is 0 Å². The highest BCUT2D eigenvalue weighted by Gasteiger charge is 2.26. The van der Waals surface area contributed by atoms with Crippen LogP contribution in [-0.4, -0.2) is 49.3 Å². The average molecular weight is 1030 g/mol. The van der Waals surface area contributed by atoms with Gasteiger partial charge in [0.1, 0.15) is 6.61 Å². The zero-order valence-electron chi connectivity index (χ0n) is 45.8. The summed E-state index contributed by atoms with van der Waals surface area (Å²) < 4.78 is 32.9. The second-order valence-electron chi connectivity index (χ2n) is 18.0. The molecule has 2 atom stereocenters. The Labute approximate surface area is 446 Å². The number of unbranched alkanes of at least 4 members (excludes halogenated alkanes) is 14. The number of hydrogen-bond donors (Lipinski definition) is 2. The minimum absolute atomic E-state index is 0.0418. The Bertz CT molecular complexity index is 1700. The van der Waals surface area contributed by atoms with Gasteiger partial charge in [0.25, 0.3) is 0 Å². The van der Waals surface area contributed by atoms with Gasteiger partial charge in [-0.05, 0) is 116 Å². The predicted octanol–water partition coefficient (Wildman–Crippen LogP) is 18.0. The van der Waals surface area contributed by atoms with E-state index in [1.54, 1.807) is 0 Å². The number of rotatable bonds is 51. The second-order valence-corrected chi connectivity index (χ2v) is 19.5. The van der Waals surface area contributed by atoms with Crippen molar-refractivity contribution in [2.45, 2.75) is 213 Å². The molecular formula is C63H102NO8P. The molecule has 9 nitrogen and oxygen atoms in total. The lowest BCUT2D eigenvalue weighted by Gasteiger charge is -2.19. The van der Waals surface area contributed by atoms with E-state index in [1.807, 2.05) is 0 Å². The van der Waals surface area contributed by atoms with Crippen LogP contribution in [0.5, 0.6) is 0 Å². The lowest BCUT2D eigenvalue weighted by molar-refractivity contribution is -0.161. The van der Waals surface area contributed by atoms with Gasteiger partial charge in [0, 0.05) is 19.4 Å². The van der Waals surface area contributed by atoms with E-state index < -0.39 is 32.5 Å². The maximum absolute atomic E-state index is 12.7. The highest BCUT2D eigenvalue weighted by atomic mass is 31.2. The van der Waals surface area contributed by atoms with E-state index in [-0.39, 0.29) is 32.6 Å². The summed E-state index contributed by atoms with van der Waals surface area (Å²) in [7, 11) is -4.40. The molecule has 0 radical (unpaired) electrons. The Hall–Kier alpha value is -4.11. The van der Waals surface area contributed by atoms with E-state index in [2.05, 4.69) is 160 Å². The van der Waals surface area contributed by atoms with Crippen molar-refractivity contribution in [1.29, 1.82) is 0 Å². The molecule has 0 aliphatic carbocycles. The van der Waals surface area contributed by atoms with Crippen LogP contribution >= 0.6 is 7.82 Å². The molecule has 0 aromatic carbocycles. The molecule has 0 aromatic rings. The summed E-state index contributed by atoms with van der Waals surface area (Å²) in [5.74, 6) is -0.877. The Morgan fingerprint density at radius 2 is 0.712 bits per heavy atom. The molecule has 3 N–H and O–H groups in total. The summed E-state index contributed by atoms with van der Waals surface area (Å²) in [6.45, 7) is 3.45. The van der Waals surface area contributed by atoms with Crippen LogP contribution in [0.25, 0.3) is 0 Å². The third-order valence-electron chi connectivity index (χ3n) is 11.2. The number of hydrogen-bond acceptors (Lipinski definition) is 8. The van der Waals surface area contributed by atoms with Gasteiger partial charge in [-0.1, -0.05) is 224 Å². The van der Waals surface area contributed by atoms with E-state index in [1.165, 1.54) is 44.9 Å². The molecule has 0 aliphatic rings. The van der Waals surface area contributed by atoms with E-state index in [0.29, 0.717) is 12.8 Å². The van der Waals surface area contributed by atoms with Crippen LogP contribution in [0.4, 0.5) is 0 Å². The van der Waals surface area contributed by atoms with Gasteiger partial charge in [0.15, 0.2) is 6.10 Å². The largest absolute Gasteiger partial charge is 0.472 e. The first-order chi connectivity index (χ1) is 35.8. The Balaban J connectivity index is 3.96. The molecule has 0 saturated heterocycles. The van der Waals surface area contributed by atoms with Gasteiger partial charge in [-0.2, -0.15) is 0 Å². The molecule has 412 valence electrons. The summed E-state index contributed by atoms with van der Waals surface area (Å²) in [4.78, 5) is 35.0. The van der Waals surface area contributed by atoms with Crippen molar-refractivity contribution in [1.82, 2.24) is 0 Å². The number of carbonyl (C=O) groups excluding carboxylic acids is 2. The Morgan fingerprint density at radius 3 is 1.07 bits per heavy atom. The quantitative estimate of drug-likeness (QED) is 0.0264. The molecule has 0 aliphatic heterocycles. The van der Waals surface area contributed by atoms with Crippen LogP contribution < -0.4 is 5.73 Å². The summed E-state index contributed by atoms with van der Waals surface area (Å²) >= 11 is 0. The smallest absolute Gasteiger partial charge is 0.462 e. The van der Waals surface area contributed by atoms with Crippen molar-refractivity contribution in [3.63, 3.8) is 0 Å². The molecule has 0 spiro atoms. The maximum atomic E-state index is 12.7. The van der Waals surface area contributed by atoms with Crippen LogP contribution in [0, 0.1) is 0 Å². The first-order valence-electron chi connectivity index (χ1n) is 28.3. The number of allylic oxidation sites excluding steroid dienone is 24. The number of nitrogens with two attached hydrogens (primary N) is 1. The zero-order valence-corrected chi connectivity index (χ0v) is 46.7. The molecule has 73 heavy (non-hydrogen) atoms. The van der Waals surface area contributed by atoms with Gasteiger partial charge >= 0.3 is 19.8 Å². The second kappa shape index (κ2) is 57.2. The van der Waals surface area contributed by atoms with Crippen LogP contribution in [0.1, 0.15) is 206 Å². The van der Waals surface area contributed by atoms with Crippen molar-refractivity contribution in [3.05, 3.63) is 146 Å². The standard InChI is InChI=1S/C63H102NO8P/c1-3-5-7-9-11-13-15-17-18-19-20-21-22-23-24-25-26-27-28-29-30-31-32-33-34-35-36-37-38-39-40-41-42-44-46-48-50-52-54-56-63(66)72-61(60-71-73(67,68)70-58-57-64)59-69-62(65)55-53-51-49-47-45-43-16-14-12-10-8-6-4-2/h5-8,11-14,17-18,20-21,23-24,26-27,29-30,32-33,35-36,43,45,61H,3-4,9-10,15-16,19,22,25,28,31,34,37-42,44,46-60,64H2,1-2H3,(H,67,68)/b7-5-,8-6-,13-11-,14-12-,18-17-,21-20-,24-23-,27-26-,30-29-,33-32-,36-35-,45-43-. The van der Waals surface area contributed by atoms with Crippen molar-refractivity contribution < 1.29 is 37.6 Å². The van der Waals surface area contributed by atoms with Crippen LogP contribution in [0.2, 0.25) is 0 Å². The van der Waals surface area contributed by atoms with Gasteiger partial charge in [-0.3, -0.25) is 18.6 Å². The molecule has 0 aromatic heterocycles. The first kappa shape index (κ1) is 68.9. The number of ether oxygens (including phenoxy) is 2. The van der Waals surface area contributed by atoms with Gasteiger partial charge in [-0.25, -0.2) is 4.57 Å². The van der Waals surface area contributed by atoms with Gasteiger partial charge in [0.05, 0.1) is 13.2 Å². The van der Waals surface area contributed by atoms with Crippen molar-refractivity contribution in [3.8, 4) is 0 Å². The third kappa shape index (κ3) is 57.0. The minimum atomic E-state index is -4.40. The van der Waals surface area contributed by atoms with E-state index in [4.69, 9.17) is 24.3 Å². The summed E-state index contributed by atoms with van der Waals surface area (Å²) in [6.07, 6.45) is 82.0. The highest BCUT2D eigenvalue weighted by Crippen LogP contribution is 2.43. The van der Waals surface area contributed by atoms with Crippen molar-refractivity contribution >= 4 is 19.8 Å². The zero-order chi connectivity index (χ0) is 53.1. The predicted molar refractivity (Wildman–Crippen MR) is 311 cm³/mol. The highest BCUT2D eigenvalue weighted by molar-refractivity contribution is 7.47. The Kier molecular flexibility index (Phi) is 54.0. The number of esters is 2. The molecule has 10 heteroatoms. The molecule has 0 bridgehead atoms. The fraction of sp³-hybridized carbons (Fsp3) is 0.587. The number of phosphoric acid groups is 1. The third-order valence-corrected chi connectivity index (χ3v) is 12.2. The monoisotopic (exact) mass is 1030 g/mol. The van der Waals surface area contributed by atoms with E-state index in [9.17, 15) is 19.0 Å². The summed E-state index contributed by atoms with van der Waals surface area (Å²) in [6, 6.07) is 0. The normalized spacial score (nSPS) is 14.2. The molecule has 2 unspecified atom stereocenters. The van der Waals surface area contributed by atoms with Crippen LogP contribution in [0.3, 0.4) is 0 Å². The SMILES string of the molecule is CC/C=C\C/C=C\C/C=C\C/C=C\C/C=C\C/C=C\C/C=C\C/C=C\C/C=C\CCCCCCCCCCCCCC(=O)OC(COC(=O)CCCCC/C=C\C/C=C\C/C=C\CC)COP(=O)(O)OCCN. The molecule has 0 heterocycles. The molecule has 0 amide bonds. The van der Waals surface area contributed by atoms with Gasteiger partial charge in [0.2, 0.25) is 0 Å². The topological polar surface area (TPSA) is 134 Å². The first-order valence-corrected chi connectivity index (χ1v) is 29.8. The minimum Gasteiger partial charge on any atom is -0.462 e. The molecule has 0 saturated carbocycles. The molecular weight excluding hydrogens is 930 g/mol. The lowest BCUT2D eigenvalue weighted by Crippen LogP contribution is -2.29. The van der Waals surface area contributed by atoms with Crippen LogP contribution in [0.15, 0.2) is 146 Å². The van der Waals surface area contributed by atoms with Gasteiger partial charge < -0.3 is 20.1 Å². The lowest BCUT2D eigenvalue weighted by atomic mass is 10.0. The number of phosphoric ester groups is 1. The Morgan fingerprint density at radius 1 is 0.411 bits per heavy atom. The summed E-state index contributed by atoms with van der Waals surface area (Å²) in [5.41, 5.74) is 5.36. The van der Waals surface area contributed by atoms with Crippen LogP contribution in [-0.2, 0) is 32.7 Å². The van der Waals surface area contributed by atoms with Gasteiger partial charge in [-0.15, -0.1) is 0 Å².